The van der Waals surface area contributed by atoms with Gasteiger partial charge in [0.15, 0.2) is 0 Å². The van der Waals surface area contributed by atoms with E-state index in [1.165, 1.54) is 17.0 Å². The van der Waals surface area contributed by atoms with Gasteiger partial charge in [-0.25, -0.2) is 4.39 Å². The number of hydrogen-bond donors (Lipinski definition) is 2. The smallest absolute Gasteiger partial charge is 0.249 e. The fraction of sp³-hybridized carbons (Fsp3) is 0.500. The standard InChI is InChI=1S/C16H21ClFN3O2/c1-3-7-16(2,19)15(23)20-13-6-8-21(14(13)22)10-4-5-11(17)12(18)9-10/h4-5,9,13H,3,6-8,19H2,1-2H3,(H,20,23). The zero-order valence-corrected chi connectivity index (χ0v) is 14.0. The largest absolute Gasteiger partial charge is 0.343 e. The molecule has 0 saturated carbocycles. The Bertz CT molecular complexity index is 621. The summed E-state index contributed by atoms with van der Waals surface area (Å²) in [5.74, 6) is -1.20. The summed E-state index contributed by atoms with van der Waals surface area (Å²) >= 11 is 5.65. The van der Waals surface area contributed by atoms with Gasteiger partial charge in [0, 0.05) is 12.2 Å². The normalized spacial score (nSPS) is 20.5. The Balaban J connectivity index is 2.07. The van der Waals surface area contributed by atoms with E-state index in [1.54, 1.807) is 13.0 Å². The number of carbonyl (C=O) groups excluding carboxylic acids is 2. The lowest BCUT2D eigenvalue weighted by Crippen LogP contribution is -2.55. The van der Waals surface area contributed by atoms with E-state index in [0.29, 0.717) is 25.1 Å². The lowest BCUT2D eigenvalue weighted by molar-refractivity contribution is -0.130. The van der Waals surface area contributed by atoms with Gasteiger partial charge in [0.1, 0.15) is 11.9 Å². The summed E-state index contributed by atoms with van der Waals surface area (Å²) in [5, 5.41) is 2.71. The third-order valence-corrected chi connectivity index (χ3v) is 4.32. The number of nitrogens with two attached hydrogens (primary N) is 1. The molecule has 0 bridgehead atoms. The van der Waals surface area contributed by atoms with Gasteiger partial charge in [0.25, 0.3) is 0 Å². The van der Waals surface area contributed by atoms with E-state index in [1.807, 2.05) is 6.92 Å². The van der Waals surface area contributed by atoms with E-state index in [0.717, 1.165) is 6.42 Å². The van der Waals surface area contributed by atoms with E-state index >= 15 is 0 Å². The van der Waals surface area contributed by atoms with Crippen LogP contribution in [0.5, 0.6) is 0 Å². The zero-order chi connectivity index (χ0) is 17.2. The molecular weight excluding hydrogens is 321 g/mol. The second-order valence-electron chi connectivity index (χ2n) is 6.07. The van der Waals surface area contributed by atoms with Crippen LogP contribution in [0.3, 0.4) is 0 Å². The Morgan fingerprint density at radius 3 is 2.87 bits per heavy atom. The highest BCUT2D eigenvalue weighted by molar-refractivity contribution is 6.30. The first-order valence-corrected chi connectivity index (χ1v) is 8.00. The minimum atomic E-state index is -1.01. The molecule has 1 fully saturated rings. The van der Waals surface area contributed by atoms with Crippen LogP contribution in [0.2, 0.25) is 5.02 Å². The predicted molar refractivity (Wildman–Crippen MR) is 87.8 cm³/mol. The van der Waals surface area contributed by atoms with Crippen LogP contribution >= 0.6 is 11.6 Å². The molecule has 5 nitrogen and oxygen atoms in total. The summed E-state index contributed by atoms with van der Waals surface area (Å²) in [7, 11) is 0. The number of carbonyl (C=O) groups is 2. The first-order chi connectivity index (χ1) is 10.8. The molecule has 1 aliphatic heterocycles. The van der Waals surface area contributed by atoms with E-state index in [9.17, 15) is 14.0 Å². The molecule has 2 unspecified atom stereocenters. The highest BCUT2D eigenvalue weighted by atomic mass is 35.5. The van der Waals surface area contributed by atoms with Crippen LogP contribution in [0.4, 0.5) is 10.1 Å². The zero-order valence-electron chi connectivity index (χ0n) is 13.2. The topological polar surface area (TPSA) is 75.4 Å². The van der Waals surface area contributed by atoms with Gasteiger partial charge in [0.05, 0.1) is 10.6 Å². The third kappa shape index (κ3) is 3.82. The molecule has 1 aliphatic rings. The molecule has 2 amide bonds. The van der Waals surface area contributed by atoms with Crippen molar-refractivity contribution in [3.05, 3.63) is 29.0 Å². The Labute approximate surface area is 140 Å². The summed E-state index contributed by atoms with van der Waals surface area (Å²) in [4.78, 5) is 26.1. The first kappa shape index (κ1) is 17.7. The van der Waals surface area contributed by atoms with Gasteiger partial charge >= 0.3 is 0 Å². The van der Waals surface area contributed by atoms with Crippen LogP contribution in [0, 0.1) is 5.82 Å². The van der Waals surface area contributed by atoms with Crippen LogP contribution in [0.15, 0.2) is 18.2 Å². The molecule has 7 heteroatoms. The highest BCUT2D eigenvalue weighted by Crippen LogP contribution is 2.26. The second kappa shape index (κ2) is 6.84. The molecule has 0 aromatic heterocycles. The summed E-state index contributed by atoms with van der Waals surface area (Å²) in [5.41, 5.74) is 5.40. The average Bonchev–Trinajstić information content (AvgIpc) is 2.83. The molecule has 2 rings (SSSR count). The average molecular weight is 342 g/mol. The van der Waals surface area contributed by atoms with Gasteiger partial charge in [-0.2, -0.15) is 0 Å². The van der Waals surface area contributed by atoms with Crippen LogP contribution in [-0.2, 0) is 9.59 Å². The molecular formula is C16H21ClFN3O2. The number of nitrogens with zero attached hydrogens (tertiary/aromatic N) is 1. The fourth-order valence-corrected chi connectivity index (χ4v) is 2.80. The Morgan fingerprint density at radius 1 is 1.57 bits per heavy atom. The van der Waals surface area contributed by atoms with Crippen molar-refractivity contribution in [1.82, 2.24) is 5.32 Å². The van der Waals surface area contributed by atoms with Crippen molar-refractivity contribution in [2.75, 3.05) is 11.4 Å². The number of anilines is 1. The molecule has 0 spiro atoms. The lowest BCUT2D eigenvalue weighted by atomic mass is 9.96. The number of halogens is 2. The van der Waals surface area contributed by atoms with Crippen LogP contribution < -0.4 is 16.0 Å². The van der Waals surface area contributed by atoms with Gasteiger partial charge in [-0.15, -0.1) is 0 Å². The number of amides is 2. The molecule has 2 atom stereocenters. The molecule has 1 saturated heterocycles. The molecule has 0 aliphatic carbocycles. The minimum Gasteiger partial charge on any atom is -0.343 e. The van der Waals surface area contributed by atoms with Gasteiger partial charge in [-0.1, -0.05) is 24.9 Å². The van der Waals surface area contributed by atoms with Crippen molar-refractivity contribution in [2.45, 2.75) is 44.7 Å². The van der Waals surface area contributed by atoms with Gasteiger partial charge in [-0.3, -0.25) is 9.59 Å². The SMILES string of the molecule is CCCC(C)(N)C(=O)NC1CCN(c2ccc(Cl)c(F)c2)C1=O. The molecule has 1 heterocycles. The quantitative estimate of drug-likeness (QED) is 0.862. The molecule has 3 N–H and O–H groups in total. The maximum absolute atomic E-state index is 13.6. The van der Waals surface area contributed by atoms with E-state index in [-0.39, 0.29) is 16.8 Å². The second-order valence-corrected chi connectivity index (χ2v) is 6.48. The summed E-state index contributed by atoms with van der Waals surface area (Å²) in [6, 6.07) is 3.57. The molecule has 126 valence electrons. The highest BCUT2D eigenvalue weighted by Gasteiger charge is 2.37. The van der Waals surface area contributed by atoms with E-state index < -0.39 is 17.4 Å². The van der Waals surface area contributed by atoms with E-state index in [4.69, 9.17) is 17.3 Å². The van der Waals surface area contributed by atoms with Crippen LogP contribution in [0.25, 0.3) is 0 Å². The minimum absolute atomic E-state index is 0.00344. The Hall–Kier alpha value is -1.66. The van der Waals surface area contributed by atoms with Crippen LogP contribution in [-0.4, -0.2) is 29.9 Å². The van der Waals surface area contributed by atoms with E-state index in [2.05, 4.69) is 5.32 Å². The van der Waals surface area contributed by atoms with Crippen molar-refractivity contribution >= 4 is 29.1 Å². The van der Waals surface area contributed by atoms with Crippen molar-refractivity contribution in [1.29, 1.82) is 0 Å². The summed E-state index contributed by atoms with van der Waals surface area (Å²) in [6.45, 7) is 3.99. The summed E-state index contributed by atoms with van der Waals surface area (Å²) < 4.78 is 13.6. The van der Waals surface area contributed by atoms with Gasteiger partial charge < -0.3 is 16.0 Å². The van der Waals surface area contributed by atoms with Gasteiger partial charge in [-0.05, 0) is 38.0 Å². The van der Waals surface area contributed by atoms with Gasteiger partial charge in [0.2, 0.25) is 11.8 Å². The van der Waals surface area contributed by atoms with Crippen LogP contribution in [0.1, 0.15) is 33.1 Å². The monoisotopic (exact) mass is 341 g/mol. The Kier molecular flexibility index (Phi) is 5.26. The molecule has 1 aromatic rings. The van der Waals surface area contributed by atoms with Crippen molar-refractivity contribution < 1.29 is 14.0 Å². The lowest BCUT2D eigenvalue weighted by Gasteiger charge is -2.25. The number of benzene rings is 1. The fourth-order valence-electron chi connectivity index (χ4n) is 2.68. The van der Waals surface area contributed by atoms with Crippen molar-refractivity contribution in [3.8, 4) is 0 Å². The summed E-state index contributed by atoms with van der Waals surface area (Å²) in [6.07, 6.45) is 1.76. The molecule has 1 aromatic carbocycles. The predicted octanol–water partition coefficient (Wildman–Crippen LogP) is 2.22. The van der Waals surface area contributed by atoms with Crippen molar-refractivity contribution in [3.63, 3.8) is 0 Å². The number of nitrogens with one attached hydrogen (secondary N) is 1. The molecule has 23 heavy (non-hydrogen) atoms. The first-order valence-electron chi connectivity index (χ1n) is 7.62. The number of rotatable bonds is 5. The molecule has 0 radical (unpaired) electrons. The Morgan fingerprint density at radius 2 is 2.26 bits per heavy atom. The maximum Gasteiger partial charge on any atom is 0.249 e. The third-order valence-electron chi connectivity index (χ3n) is 4.01. The number of hydrogen-bond acceptors (Lipinski definition) is 3. The maximum atomic E-state index is 13.6. The van der Waals surface area contributed by atoms with Crippen molar-refractivity contribution in [2.24, 2.45) is 5.73 Å².